The van der Waals surface area contributed by atoms with Crippen molar-refractivity contribution in [1.82, 2.24) is 0 Å². The monoisotopic (exact) mass is 319 g/mol. The summed E-state index contributed by atoms with van der Waals surface area (Å²) in [6.45, 7) is 4.35. The zero-order valence-electron chi connectivity index (χ0n) is 14.7. The molecule has 0 unspecified atom stereocenters. The number of rotatable bonds is 12. The van der Waals surface area contributed by atoms with Gasteiger partial charge < -0.3 is 15.0 Å². The lowest BCUT2D eigenvalue weighted by atomic mass is 9.95. The summed E-state index contributed by atoms with van der Waals surface area (Å²) in [7, 11) is 0. The number of phenolic OH excluding ortho intramolecular Hbond substituents is 1. The molecule has 1 N–H and O–H groups in total. The molecule has 0 heterocycles. The molecule has 23 heavy (non-hydrogen) atoms. The van der Waals surface area contributed by atoms with Crippen LogP contribution in [0.1, 0.15) is 81.9 Å². The maximum atomic E-state index is 10.9. The first kappa shape index (κ1) is 19.5. The summed E-state index contributed by atoms with van der Waals surface area (Å²) >= 11 is 0. The molecule has 0 atom stereocenters. The number of unbranched alkanes of at least 4 members (excludes halogenated alkanes) is 6. The lowest BCUT2D eigenvalue weighted by Gasteiger charge is -2.14. The SMILES string of the molecule is CCCCCCc1cc(CC(=O)[O-])cc(CCCCCC)c1O. The normalized spacial score (nSPS) is 10.9. The molecule has 0 amide bonds. The minimum Gasteiger partial charge on any atom is -0.550 e. The Morgan fingerprint density at radius 2 is 1.39 bits per heavy atom. The minimum absolute atomic E-state index is 0.0792. The molecule has 0 saturated carbocycles. The van der Waals surface area contributed by atoms with Crippen LogP contribution in [0.15, 0.2) is 12.1 Å². The van der Waals surface area contributed by atoms with Gasteiger partial charge in [0.1, 0.15) is 5.75 Å². The highest BCUT2D eigenvalue weighted by atomic mass is 16.4. The Bertz CT molecular complexity index is 447. The van der Waals surface area contributed by atoms with Crippen molar-refractivity contribution in [2.24, 2.45) is 0 Å². The maximum absolute atomic E-state index is 10.9. The number of carboxylic acid groups (broad SMARTS) is 1. The number of benzene rings is 1. The quantitative estimate of drug-likeness (QED) is 0.594. The van der Waals surface area contributed by atoms with Crippen molar-refractivity contribution in [2.75, 3.05) is 0 Å². The Morgan fingerprint density at radius 1 is 0.913 bits per heavy atom. The van der Waals surface area contributed by atoms with Crippen LogP contribution < -0.4 is 5.11 Å². The standard InChI is InChI=1S/C20H32O3/c1-3-5-7-9-11-17-13-16(15-19(21)22)14-18(20(17)23)12-10-8-6-4-2/h13-14,23H,3-12,15H2,1-2H3,(H,21,22)/p-1. The lowest BCUT2D eigenvalue weighted by Crippen LogP contribution is -2.24. The molecule has 1 aromatic rings. The van der Waals surface area contributed by atoms with Crippen LogP contribution in [0.25, 0.3) is 0 Å². The van der Waals surface area contributed by atoms with Crippen LogP contribution in [0.4, 0.5) is 0 Å². The second kappa shape index (κ2) is 11.1. The molecule has 3 heteroatoms. The van der Waals surface area contributed by atoms with Gasteiger partial charge in [-0.25, -0.2) is 0 Å². The summed E-state index contributed by atoms with van der Waals surface area (Å²) in [5, 5.41) is 21.4. The number of carboxylic acids is 1. The van der Waals surface area contributed by atoms with Crippen LogP contribution in [0.2, 0.25) is 0 Å². The summed E-state index contributed by atoms with van der Waals surface area (Å²) in [4.78, 5) is 10.9. The molecule has 0 radical (unpaired) electrons. The van der Waals surface area contributed by atoms with E-state index in [0.717, 1.165) is 55.2 Å². The average Bonchev–Trinajstić information content (AvgIpc) is 2.51. The Labute approximate surface area is 140 Å². The number of phenols is 1. The van der Waals surface area contributed by atoms with Gasteiger partial charge in [0.25, 0.3) is 0 Å². The van der Waals surface area contributed by atoms with Gasteiger partial charge in [-0.3, -0.25) is 0 Å². The van der Waals surface area contributed by atoms with E-state index in [1.54, 1.807) is 0 Å². The molecule has 0 aromatic heterocycles. The molecule has 130 valence electrons. The van der Waals surface area contributed by atoms with Crippen molar-refractivity contribution in [3.05, 3.63) is 28.8 Å². The smallest absolute Gasteiger partial charge is 0.121 e. The van der Waals surface area contributed by atoms with Gasteiger partial charge in [-0.1, -0.05) is 64.5 Å². The van der Waals surface area contributed by atoms with Crippen LogP contribution >= 0.6 is 0 Å². The number of aromatic hydroxyl groups is 1. The van der Waals surface area contributed by atoms with E-state index in [1.807, 2.05) is 12.1 Å². The summed E-state index contributed by atoms with van der Waals surface area (Å²) in [5.74, 6) is -0.690. The van der Waals surface area contributed by atoms with Crippen LogP contribution in [-0.2, 0) is 24.1 Å². The zero-order valence-corrected chi connectivity index (χ0v) is 14.7. The molecule has 3 nitrogen and oxygen atoms in total. The topological polar surface area (TPSA) is 60.4 Å². The first-order valence-corrected chi connectivity index (χ1v) is 9.11. The molecule has 0 spiro atoms. The van der Waals surface area contributed by atoms with Gasteiger partial charge in [0, 0.05) is 12.4 Å². The Hall–Kier alpha value is -1.51. The summed E-state index contributed by atoms with van der Waals surface area (Å²) < 4.78 is 0. The number of hydrogen-bond donors (Lipinski definition) is 1. The van der Waals surface area contributed by atoms with E-state index in [1.165, 1.54) is 25.7 Å². The van der Waals surface area contributed by atoms with Gasteiger partial charge >= 0.3 is 0 Å². The fourth-order valence-corrected chi connectivity index (χ4v) is 2.97. The third-order valence-corrected chi connectivity index (χ3v) is 4.28. The van der Waals surface area contributed by atoms with E-state index in [-0.39, 0.29) is 6.42 Å². The van der Waals surface area contributed by atoms with Crippen molar-refractivity contribution in [2.45, 2.75) is 84.5 Å². The highest BCUT2D eigenvalue weighted by molar-refractivity contribution is 5.68. The molecule has 0 aliphatic heterocycles. The molecule has 0 fully saturated rings. The Morgan fingerprint density at radius 3 is 1.78 bits per heavy atom. The van der Waals surface area contributed by atoms with E-state index in [0.29, 0.717) is 5.75 Å². The van der Waals surface area contributed by atoms with Crippen LogP contribution in [0.5, 0.6) is 5.75 Å². The van der Waals surface area contributed by atoms with Gasteiger partial charge in [0.15, 0.2) is 0 Å². The highest BCUT2D eigenvalue weighted by Crippen LogP contribution is 2.28. The summed E-state index contributed by atoms with van der Waals surface area (Å²) in [6.07, 6.45) is 10.7. The van der Waals surface area contributed by atoms with E-state index in [4.69, 9.17) is 0 Å². The lowest BCUT2D eigenvalue weighted by molar-refractivity contribution is -0.304. The Balaban J connectivity index is 2.81. The van der Waals surface area contributed by atoms with Crippen molar-refractivity contribution >= 4 is 5.97 Å². The van der Waals surface area contributed by atoms with Crippen molar-refractivity contribution < 1.29 is 15.0 Å². The van der Waals surface area contributed by atoms with E-state index < -0.39 is 5.97 Å². The third kappa shape index (κ3) is 7.54. The molecular weight excluding hydrogens is 288 g/mol. The van der Waals surface area contributed by atoms with Crippen molar-refractivity contribution in [3.63, 3.8) is 0 Å². The molecular formula is C20H31O3-. The zero-order chi connectivity index (χ0) is 17.1. The highest BCUT2D eigenvalue weighted by Gasteiger charge is 2.10. The molecule has 0 bridgehead atoms. The van der Waals surface area contributed by atoms with Crippen LogP contribution in [0, 0.1) is 0 Å². The number of aliphatic carboxylic acids is 1. The van der Waals surface area contributed by atoms with Crippen LogP contribution in [-0.4, -0.2) is 11.1 Å². The number of aryl methyl sites for hydroxylation is 2. The second-order valence-corrected chi connectivity index (χ2v) is 6.43. The molecule has 1 rings (SSSR count). The Kier molecular flexibility index (Phi) is 9.42. The van der Waals surface area contributed by atoms with Gasteiger partial charge in [0.05, 0.1) is 0 Å². The molecule has 0 aliphatic rings. The van der Waals surface area contributed by atoms with Gasteiger partial charge in [-0.05, 0) is 42.4 Å². The average molecular weight is 319 g/mol. The minimum atomic E-state index is -1.07. The number of carbonyl (C=O) groups excluding carboxylic acids is 1. The predicted octanol–water partition coefficient (Wildman–Crippen LogP) is 3.93. The maximum Gasteiger partial charge on any atom is 0.121 e. The van der Waals surface area contributed by atoms with Gasteiger partial charge in [0.2, 0.25) is 0 Å². The number of carbonyl (C=O) groups is 1. The van der Waals surface area contributed by atoms with E-state index in [9.17, 15) is 15.0 Å². The van der Waals surface area contributed by atoms with Crippen molar-refractivity contribution in [1.29, 1.82) is 0 Å². The van der Waals surface area contributed by atoms with E-state index >= 15 is 0 Å². The van der Waals surface area contributed by atoms with E-state index in [2.05, 4.69) is 13.8 Å². The fourth-order valence-electron chi connectivity index (χ4n) is 2.97. The largest absolute Gasteiger partial charge is 0.550 e. The molecule has 1 aromatic carbocycles. The first-order valence-electron chi connectivity index (χ1n) is 9.11. The number of hydrogen-bond acceptors (Lipinski definition) is 3. The summed E-state index contributed by atoms with van der Waals surface area (Å²) in [6, 6.07) is 3.68. The van der Waals surface area contributed by atoms with Gasteiger partial charge in [-0.15, -0.1) is 0 Å². The molecule has 0 aliphatic carbocycles. The first-order chi connectivity index (χ1) is 11.1. The van der Waals surface area contributed by atoms with Crippen LogP contribution in [0.3, 0.4) is 0 Å². The summed E-state index contributed by atoms with van der Waals surface area (Å²) in [5.41, 5.74) is 2.54. The van der Waals surface area contributed by atoms with Gasteiger partial charge in [-0.2, -0.15) is 0 Å². The third-order valence-electron chi connectivity index (χ3n) is 4.28. The molecule has 0 saturated heterocycles. The predicted molar refractivity (Wildman–Crippen MR) is 92.5 cm³/mol. The fraction of sp³-hybridized carbons (Fsp3) is 0.650. The second-order valence-electron chi connectivity index (χ2n) is 6.43. The van der Waals surface area contributed by atoms with Crippen molar-refractivity contribution in [3.8, 4) is 5.75 Å².